The van der Waals surface area contributed by atoms with Gasteiger partial charge in [-0.1, -0.05) is 12.1 Å². The molecule has 0 aromatic heterocycles. The Bertz CT molecular complexity index is 626. The van der Waals surface area contributed by atoms with Crippen LogP contribution in [0.25, 0.3) is 0 Å². The Morgan fingerprint density at radius 1 is 1.04 bits per heavy atom. The van der Waals surface area contributed by atoms with Gasteiger partial charge in [-0.2, -0.15) is 0 Å². The molecule has 1 aromatic rings. The van der Waals surface area contributed by atoms with Crippen molar-refractivity contribution in [2.75, 3.05) is 59.0 Å². The smallest absolute Gasteiger partial charge is 0.239 e. The fourth-order valence-corrected chi connectivity index (χ4v) is 3.48. The summed E-state index contributed by atoms with van der Waals surface area (Å²) in [4.78, 5) is 30.3. The van der Waals surface area contributed by atoms with E-state index in [-0.39, 0.29) is 11.7 Å². The molecular formula is C18H25FN4O3. The molecule has 7 nitrogen and oxygen atoms in total. The van der Waals surface area contributed by atoms with Crippen LogP contribution in [-0.2, 0) is 14.3 Å². The van der Waals surface area contributed by atoms with Gasteiger partial charge in [-0.25, -0.2) is 4.39 Å². The second-order valence-corrected chi connectivity index (χ2v) is 6.66. The second-order valence-electron chi connectivity index (χ2n) is 6.66. The molecule has 2 aliphatic heterocycles. The lowest BCUT2D eigenvalue weighted by atomic mass is 10.0. The van der Waals surface area contributed by atoms with Gasteiger partial charge in [0.1, 0.15) is 11.9 Å². The van der Waals surface area contributed by atoms with Gasteiger partial charge in [0.05, 0.1) is 19.8 Å². The van der Waals surface area contributed by atoms with Crippen LogP contribution in [0.5, 0.6) is 0 Å². The zero-order valence-corrected chi connectivity index (χ0v) is 14.8. The summed E-state index contributed by atoms with van der Waals surface area (Å²) in [5.74, 6) is -0.718. The molecule has 0 unspecified atom stereocenters. The van der Waals surface area contributed by atoms with Crippen LogP contribution < -0.4 is 5.73 Å². The van der Waals surface area contributed by atoms with Crippen LogP contribution in [0.4, 0.5) is 4.39 Å². The van der Waals surface area contributed by atoms with Crippen molar-refractivity contribution in [3.63, 3.8) is 0 Å². The van der Waals surface area contributed by atoms with E-state index >= 15 is 0 Å². The number of ether oxygens (including phenoxy) is 1. The molecule has 26 heavy (non-hydrogen) atoms. The Kier molecular flexibility index (Phi) is 6.18. The van der Waals surface area contributed by atoms with Crippen molar-refractivity contribution in [2.45, 2.75) is 6.04 Å². The van der Waals surface area contributed by atoms with Crippen molar-refractivity contribution in [1.29, 1.82) is 0 Å². The topological polar surface area (TPSA) is 79.1 Å². The third kappa shape index (κ3) is 4.57. The van der Waals surface area contributed by atoms with Crippen LogP contribution in [0.3, 0.4) is 0 Å². The number of primary amides is 1. The zero-order valence-electron chi connectivity index (χ0n) is 14.8. The molecule has 2 N–H and O–H groups in total. The highest BCUT2D eigenvalue weighted by Crippen LogP contribution is 2.22. The van der Waals surface area contributed by atoms with Crippen LogP contribution in [0, 0.1) is 5.82 Å². The first kappa shape index (κ1) is 18.8. The summed E-state index contributed by atoms with van der Waals surface area (Å²) in [5, 5.41) is 0. The number of morpholine rings is 1. The second kappa shape index (κ2) is 8.57. The number of carbonyl (C=O) groups is 2. The third-order valence-corrected chi connectivity index (χ3v) is 4.95. The summed E-state index contributed by atoms with van der Waals surface area (Å²) in [6.07, 6.45) is 0. The predicted octanol–water partition coefficient (Wildman–Crippen LogP) is -0.171. The maximum absolute atomic E-state index is 13.1. The Morgan fingerprint density at radius 3 is 2.23 bits per heavy atom. The van der Waals surface area contributed by atoms with Gasteiger partial charge in [0.2, 0.25) is 11.8 Å². The maximum Gasteiger partial charge on any atom is 0.239 e. The predicted molar refractivity (Wildman–Crippen MR) is 93.7 cm³/mol. The molecule has 1 atom stereocenters. The Labute approximate surface area is 152 Å². The third-order valence-electron chi connectivity index (χ3n) is 4.95. The van der Waals surface area contributed by atoms with Gasteiger partial charge in [-0.05, 0) is 17.7 Å². The molecule has 8 heteroatoms. The van der Waals surface area contributed by atoms with E-state index in [0.29, 0.717) is 51.5 Å². The molecule has 0 radical (unpaired) electrons. The van der Waals surface area contributed by atoms with E-state index in [4.69, 9.17) is 10.5 Å². The summed E-state index contributed by atoms with van der Waals surface area (Å²) < 4.78 is 18.4. The van der Waals surface area contributed by atoms with Crippen LogP contribution >= 0.6 is 0 Å². The molecule has 2 aliphatic rings. The Morgan fingerprint density at radius 2 is 1.65 bits per heavy atom. The number of nitrogens with two attached hydrogens (primary N) is 1. The van der Waals surface area contributed by atoms with Gasteiger partial charge in [0.25, 0.3) is 0 Å². The average Bonchev–Trinajstić information content (AvgIpc) is 2.64. The van der Waals surface area contributed by atoms with E-state index in [9.17, 15) is 14.0 Å². The van der Waals surface area contributed by atoms with Gasteiger partial charge in [-0.3, -0.25) is 19.4 Å². The summed E-state index contributed by atoms with van der Waals surface area (Å²) >= 11 is 0. The maximum atomic E-state index is 13.1. The number of amides is 2. The van der Waals surface area contributed by atoms with Crippen molar-refractivity contribution in [2.24, 2.45) is 5.73 Å². The normalized spacial score (nSPS) is 20.7. The molecule has 2 saturated heterocycles. The summed E-state index contributed by atoms with van der Waals surface area (Å²) in [6, 6.07) is 5.22. The average molecular weight is 364 g/mol. The van der Waals surface area contributed by atoms with Gasteiger partial charge in [0.15, 0.2) is 0 Å². The minimum absolute atomic E-state index is 0.101. The largest absolute Gasteiger partial charge is 0.379 e. The monoisotopic (exact) mass is 364 g/mol. The number of hydrogen-bond acceptors (Lipinski definition) is 5. The Hall–Kier alpha value is -2.03. The quantitative estimate of drug-likeness (QED) is 0.785. The van der Waals surface area contributed by atoms with Crippen molar-refractivity contribution >= 4 is 11.8 Å². The summed E-state index contributed by atoms with van der Waals surface area (Å²) in [7, 11) is 0. The van der Waals surface area contributed by atoms with Gasteiger partial charge >= 0.3 is 0 Å². The lowest BCUT2D eigenvalue weighted by molar-refractivity contribution is -0.136. The molecule has 2 heterocycles. The van der Waals surface area contributed by atoms with E-state index in [1.807, 2.05) is 9.80 Å². The van der Waals surface area contributed by atoms with Crippen molar-refractivity contribution in [1.82, 2.24) is 14.7 Å². The highest BCUT2D eigenvalue weighted by molar-refractivity contribution is 5.81. The van der Waals surface area contributed by atoms with E-state index in [2.05, 4.69) is 4.90 Å². The lowest BCUT2D eigenvalue weighted by Gasteiger charge is -2.39. The first-order valence-electron chi connectivity index (χ1n) is 8.91. The highest BCUT2D eigenvalue weighted by atomic mass is 19.1. The van der Waals surface area contributed by atoms with Gasteiger partial charge < -0.3 is 15.4 Å². The SMILES string of the molecule is NC(=O)[C@H](c1ccc(F)cc1)N1CCN(C(=O)CN2CCOCC2)CC1. The van der Waals surface area contributed by atoms with E-state index < -0.39 is 11.9 Å². The molecule has 0 saturated carbocycles. The molecule has 2 amide bonds. The fourth-order valence-electron chi connectivity index (χ4n) is 3.48. The van der Waals surface area contributed by atoms with Crippen molar-refractivity contribution in [3.8, 4) is 0 Å². The first-order valence-corrected chi connectivity index (χ1v) is 8.91. The van der Waals surface area contributed by atoms with Crippen molar-refractivity contribution < 1.29 is 18.7 Å². The van der Waals surface area contributed by atoms with E-state index in [0.717, 1.165) is 13.1 Å². The van der Waals surface area contributed by atoms with Crippen molar-refractivity contribution in [3.05, 3.63) is 35.6 Å². The van der Waals surface area contributed by atoms with Crippen LogP contribution in [0.1, 0.15) is 11.6 Å². The van der Waals surface area contributed by atoms with Crippen LogP contribution in [0.2, 0.25) is 0 Å². The zero-order chi connectivity index (χ0) is 18.5. The number of carbonyl (C=O) groups excluding carboxylic acids is 2. The Balaban J connectivity index is 1.56. The minimum atomic E-state index is -0.605. The summed E-state index contributed by atoms with van der Waals surface area (Å²) in [5.41, 5.74) is 6.26. The lowest BCUT2D eigenvalue weighted by Crippen LogP contribution is -2.54. The number of nitrogens with zero attached hydrogens (tertiary/aromatic N) is 3. The van der Waals surface area contributed by atoms with Crippen LogP contribution in [-0.4, -0.2) is 85.5 Å². The standard InChI is InChI=1S/C18H25FN4O3/c19-15-3-1-14(2-4-15)17(18(20)25)23-7-5-22(6-8-23)16(24)13-21-9-11-26-12-10-21/h1-4,17H,5-13H2,(H2,20,25)/t17-/m0/s1. The van der Waals surface area contributed by atoms with E-state index in [1.165, 1.54) is 12.1 Å². The minimum Gasteiger partial charge on any atom is -0.379 e. The molecule has 0 bridgehead atoms. The summed E-state index contributed by atoms with van der Waals surface area (Å²) in [6.45, 7) is 5.50. The molecule has 3 rings (SSSR count). The fraction of sp³-hybridized carbons (Fsp3) is 0.556. The molecular weight excluding hydrogens is 339 g/mol. The first-order chi connectivity index (χ1) is 12.5. The van der Waals surface area contributed by atoms with E-state index in [1.54, 1.807) is 12.1 Å². The molecule has 142 valence electrons. The number of hydrogen-bond donors (Lipinski definition) is 1. The number of halogens is 1. The number of piperazine rings is 1. The number of benzene rings is 1. The van der Waals surface area contributed by atoms with Gasteiger partial charge in [0, 0.05) is 39.3 Å². The number of rotatable bonds is 5. The molecule has 0 spiro atoms. The molecule has 2 fully saturated rings. The molecule has 0 aliphatic carbocycles. The molecule has 1 aromatic carbocycles. The van der Waals surface area contributed by atoms with Gasteiger partial charge in [-0.15, -0.1) is 0 Å². The van der Waals surface area contributed by atoms with Crippen LogP contribution in [0.15, 0.2) is 24.3 Å². The highest BCUT2D eigenvalue weighted by Gasteiger charge is 2.30.